The molecule has 0 saturated carbocycles. The lowest BCUT2D eigenvalue weighted by atomic mass is 11.0. The number of hydrogen-bond donors (Lipinski definition) is 0. The second-order valence-electron chi connectivity index (χ2n) is 2.27. The van der Waals surface area contributed by atoms with E-state index in [1.807, 2.05) is 0 Å². The summed E-state index contributed by atoms with van der Waals surface area (Å²) in [6.07, 6.45) is -0.870. The first-order valence-corrected chi connectivity index (χ1v) is 9.82. The van der Waals surface area contributed by atoms with Gasteiger partial charge < -0.3 is 0 Å². The van der Waals surface area contributed by atoms with Crippen LogP contribution < -0.4 is 0 Å². The molecule has 9 heavy (non-hydrogen) atoms. The lowest BCUT2D eigenvalue weighted by molar-refractivity contribution is 1.53. The highest BCUT2D eigenvalue weighted by atomic mass is 32.6. The molecule has 0 aliphatic carbocycles. The maximum Gasteiger partial charge on any atom is 0.170 e. The van der Waals surface area contributed by atoms with Crippen LogP contribution in [-0.4, -0.2) is 17.9 Å². The predicted octanol–water partition coefficient (Wildman–Crippen LogP) is 3.19. The predicted molar refractivity (Wildman–Crippen MR) is 53.7 cm³/mol. The quantitative estimate of drug-likeness (QED) is 0.609. The molecule has 0 radical (unpaired) electrons. The zero-order chi connectivity index (χ0) is 7.33. The van der Waals surface area contributed by atoms with Gasteiger partial charge in [-0.2, -0.15) is 22.4 Å². The van der Waals surface area contributed by atoms with E-state index < -0.39 is 6.37 Å². The van der Waals surface area contributed by atoms with E-state index in [0.717, 1.165) is 0 Å². The summed E-state index contributed by atoms with van der Waals surface area (Å²) in [6, 6.07) is 0. The van der Waals surface area contributed by atoms with Gasteiger partial charge in [0.05, 0.1) is 0 Å². The van der Waals surface area contributed by atoms with Crippen LogP contribution >= 0.6 is 22.4 Å². The summed E-state index contributed by atoms with van der Waals surface area (Å²) in [7, 11) is 0. The lowest BCUT2D eigenvalue weighted by Gasteiger charge is -2.18. The molecular formula is C6H16S2Si. The standard InChI is InChI=1S/C6H16S2Si/c1-5-7-9(3,4)8-6-2/h5-6H2,1-4H3. The Morgan fingerprint density at radius 3 is 1.56 bits per heavy atom. The van der Waals surface area contributed by atoms with Gasteiger partial charge in [0.2, 0.25) is 0 Å². The molecule has 0 atom stereocenters. The Labute approximate surface area is 67.5 Å². The molecule has 0 aromatic rings. The highest BCUT2D eigenvalue weighted by Gasteiger charge is 2.19. The fourth-order valence-electron chi connectivity index (χ4n) is 0.737. The van der Waals surface area contributed by atoms with Crippen molar-refractivity contribution in [2.75, 3.05) is 11.5 Å². The Morgan fingerprint density at radius 1 is 1.00 bits per heavy atom. The maximum absolute atomic E-state index is 2.43. The van der Waals surface area contributed by atoms with Crippen molar-refractivity contribution >= 4 is 28.8 Å². The normalized spacial score (nSPS) is 12.0. The van der Waals surface area contributed by atoms with Gasteiger partial charge in [0, 0.05) is 0 Å². The maximum atomic E-state index is 2.43. The molecule has 0 amide bonds. The molecule has 0 bridgehead atoms. The van der Waals surface area contributed by atoms with E-state index in [1.165, 1.54) is 11.5 Å². The summed E-state index contributed by atoms with van der Waals surface area (Å²) in [5, 5.41) is 0. The van der Waals surface area contributed by atoms with Crippen LogP contribution in [0.4, 0.5) is 0 Å². The largest absolute Gasteiger partial charge is 0.173 e. The fourth-order valence-corrected chi connectivity index (χ4v) is 9.50. The molecule has 0 aromatic carbocycles. The van der Waals surface area contributed by atoms with E-state index in [9.17, 15) is 0 Å². The smallest absolute Gasteiger partial charge is 0.170 e. The molecule has 0 spiro atoms. The van der Waals surface area contributed by atoms with Crippen LogP contribution in [0.5, 0.6) is 0 Å². The summed E-state index contributed by atoms with van der Waals surface area (Å²) >= 11 is 4.32. The average molecular weight is 180 g/mol. The van der Waals surface area contributed by atoms with Gasteiger partial charge in [0.25, 0.3) is 0 Å². The first kappa shape index (κ1) is 9.92. The molecule has 3 heteroatoms. The van der Waals surface area contributed by atoms with Gasteiger partial charge in [0.1, 0.15) is 0 Å². The van der Waals surface area contributed by atoms with Gasteiger partial charge in [-0.1, -0.05) is 26.9 Å². The van der Waals surface area contributed by atoms with Gasteiger partial charge in [-0.05, 0) is 11.5 Å². The zero-order valence-electron chi connectivity index (χ0n) is 6.73. The van der Waals surface area contributed by atoms with E-state index in [2.05, 4.69) is 49.4 Å². The molecule has 0 rings (SSSR count). The summed E-state index contributed by atoms with van der Waals surface area (Å²) < 4.78 is 0. The third kappa shape index (κ3) is 5.37. The van der Waals surface area contributed by atoms with Crippen LogP contribution in [-0.2, 0) is 0 Å². The van der Waals surface area contributed by atoms with Crippen LogP contribution in [0.25, 0.3) is 0 Å². The van der Waals surface area contributed by atoms with Crippen LogP contribution in [0.2, 0.25) is 13.1 Å². The van der Waals surface area contributed by atoms with Gasteiger partial charge >= 0.3 is 0 Å². The topological polar surface area (TPSA) is 0 Å². The highest BCUT2D eigenvalue weighted by molar-refractivity contribution is 8.58. The molecule has 0 fully saturated rings. The zero-order valence-corrected chi connectivity index (χ0v) is 9.36. The summed E-state index contributed by atoms with van der Waals surface area (Å²) in [6.45, 7) is 9.34. The summed E-state index contributed by atoms with van der Waals surface area (Å²) in [5.41, 5.74) is 0. The van der Waals surface area contributed by atoms with Crippen molar-refractivity contribution in [1.82, 2.24) is 0 Å². The third-order valence-corrected chi connectivity index (χ3v) is 11.0. The summed E-state index contributed by atoms with van der Waals surface area (Å²) in [4.78, 5) is 0. The molecule has 0 heterocycles. The number of rotatable bonds is 4. The van der Waals surface area contributed by atoms with Crippen molar-refractivity contribution in [2.24, 2.45) is 0 Å². The molecule has 0 N–H and O–H groups in total. The minimum Gasteiger partial charge on any atom is -0.173 e. The van der Waals surface area contributed by atoms with Gasteiger partial charge in [-0.15, -0.1) is 0 Å². The fraction of sp³-hybridized carbons (Fsp3) is 1.00. The van der Waals surface area contributed by atoms with Gasteiger partial charge in [0.15, 0.2) is 6.37 Å². The average Bonchev–Trinajstić information content (AvgIpc) is 1.64. The Balaban J connectivity index is 3.43. The molecule has 0 aromatic heterocycles. The van der Waals surface area contributed by atoms with Gasteiger partial charge in [-0.3, -0.25) is 0 Å². The molecule has 0 aliphatic heterocycles. The van der Waals surface area contributed by atoms with Crippen molar-refractivity contribution in [3.8, 4) is 0 Å². The molecule has 0 unspecified atom stereocenters. The lowest BCUT2D eigenvalue weighted by Crippen LogP contribution is -2.16. The van der Waals surface area contributed by atoms with Crippen molar-refractivity contribution in [2.45, 2.75) is 26.9 Å². The van der Waals surface area contributed by atoms with Crippen molar-refractivity contribution in [1.29, 1.82) is 0 Å². The molecule has 0 saturated heterocycles. The van der Waals surface area contributed by atoms with Crippen molar-refractivity contribution in [3.63, 3.8) is 0 Å². The summed E-state index contributed by atoms with van der Waals surface area (Å²) in [5.74, 6) is 2.57. The van der Waals surface area contributed by atoms with E-state index in [0.29, 0.717) is 0 Å². The van der Waals surface area contributed by atoms with Crippen LogP contribution in [0.3, 0.4) is 0 Å². The van der Waals surface area contributed by atoms with E-state index >= 15 is 0 Å². The first-order valence-electron chi connectivity index (χ1n) is 3.40. The Hall–Kier alpha value is 0.917. The second kappa shape index (κ2) is 4.69. The monoisotopic (exact) mass is 180 g/mol. The van der Waals surface area contributed by atoms with Crippen LogP contribution in [0.1, 0.15) is 13.8 Å². The molecule has 0 nitrogen and oxygen atoms in total. The Kier molecular flexibility index (Phi) is 5.17. The molecule has 0 aliphatic rings. The minimum atomic E-state index is -0.870. The Morgan fingerprint density at radius 2 is 1.33 bits per heavy atom. The SMILES string of the molecule is CCS[Si](C)(C)SCC. The van der Waals surface area contributed by atoms with E-state index in [4.69, 9.17) is 0 Å². The number of hydrogen-bond acceptors (Lipinski definition) is 2. The van der Waals surface area contributed by atoms with E-state index in [1.54, 1.807) is 0 Å². The third-order valence-electron chi connectivity index (χ3n) is 0.984. The van der Waals surface area contributed by atoms with Crippen LogP contribution in [0.15, 0.2) is 0 Å². The van der Waals surface area contributed by atoms with Gasteiger partial charge in [-0.25, -0.2) is 0 Å². The minimum absolute atomic E-state index is 0.870. The molecular weight excluding hydrogens is 164 g/mol. The highest BCUT2D eigenvalue weighted by Crippen LogP contribution is 2.30. The van der Waals surface area contributed by atoms with Crippen molar-refractivity contribution in [3.05, 3.63) is 0 Å². The second-order valence-corrected chi connectivity index (χ2v) is 15.4. The van der Waals surface area contributed by atoms with Crippen LogP contribution in [0, 0.1) is 0 Å². The van der Waals surface area contributed by atoms with E-state index in [-0.39, 0.29) is 0 Å². The molecule has 56 valence electrons. The first-order chi connectivity index (χ1) is 4.12. The Bertz CT molecular complexity index is 65.5. The van der Waals surface area contributed by atoms with Crippen molar-refractivity contribution < 1.29 is 0 Å².